The number of nitrogens with two attached hydrogens (primary N) is 2. The molecule has 0 heterocycles. The summed E-state index contributed by atoms with van der Waals surface area (Å²) in [5.41, 5.74) is 11.9. The largest absolute Gasteiger partial charge is 0.480 e. The van der Waals surface area contributed by atoms with Gasteiger partial charge in [0.1, 0.15) is 18.1 Å². The first-order chi connectivity index (χ1) is 16.5. The second kappa shape index (κ2) is 15.0. The maximum absolute atomic E-state index is 13.1. The molecule has 12 heteroatoms. The van der Waals surface area contributed by atoms with Crippen LogP contribution < -0.4 is 27.4 Å². The SMILES string of the molecule is CSCCC(NC(=O)C(CC(N)=O)NC(=O)C(Cc1ccccc1)NC(=O)C(N)C(C)C)C(=O)O. The second-order valence-corrected chi connectivity index (χ2v) is 9.42. The fourth-order valence-corrected chi connectivity index (χ4v) is 3.55. The maximum atomic E-state index is 13.1. The topological polar surface area (TPSA) is 194 Å². The van der Waals surface area contributed by atoms with Gasteiger partial charge in [0.15, 0.2) is 0 Å². The molecule has 0 aliphatic heterocycles. The van der Waals surface area contributed by atoms with Crippen molar-refractivity contribution in [1.82, 2.24) is 16.0 Å². The summed E-state index contributed by atoms with van der Waals surface area (Å²) in [6.45, 7) is 3.53. The molecule has 4 atom stereocenters. The molecular weight excluding hydrogens is 474 g/mol. The van der Waals surface area contributed by atoms with Crippen molar-refractivity contribution in [2.24, 2.45) is 17.4 Å². The van der Waals surface area contributed by atoms with Gasteiger partial charge in [-0.15, -0.1) is 0 Å². The van der Waals surface area contributed by atoms with Crippen molar-refractivity contribution < 1.29 is 29.1 Å². The van der Waals surface area contributed by atoms with Gasteiger partial charge < -0.3 is 32.5 Å². The molecule has 0 saturated heterocycles. The van der Waals surface area contributed by atoms with E-state index in [1.165, 1.54) is 11.8 Å². The lowest BCUT2D eigenvalue weighted by molar-refractivity contribution is -0.142. The zero-order chi connectivity index (χ0) is 26.5. The number of carbonyl (C=O) groups is 5. The number of hydrogen-bond acceptors (Lipinski definition) is 7. The van der Waals surface area contributed by atoms with Crippen molar-refractivity contribution in [3.8, 4) is 0 Å². The Kier molecular flexibility index (Phi) is 12.8. The lowest BCUT2D eigenvalue weighted by Gasteiger charge is -2.25. The molecule has 194 valence electrons. The summed E-state index contributed by atoms with van der Waals surface area (Å²) in [4.78, 5) is 61.6. The van der Waals surface area contributed by atoms with Crippen LogP contribution in [0.2, 0.25) is 0 Å². The van der Waals surface area contributed by atoms with Crippen molar-refractivity contribution in [2.75, 3.05) is 12.0 Å². The predicted octanol–water partition coefficient (Wildman–Crippen LogP) is -0.620. The summed E-state index contributed by atoms with van der Waals surface area (Å²) in [6, 6.07) is 4.29. The first-order valence-corrected chi connectivity index (χ1v) is 12.6. The molecule has 0 fully saturated rings. The molecule has 8 N–H and O–H groups in total. The molecular formula is C23H35N5O6S. The van der Waals surface area contributed by atoms with Gasteiger partial charge in [-0.1, -0.05) is 44.2 Å². The van der Waals surface area contributed by atoms with Crippen molar-refractivity contribution in [3.05, 3.63) is 35.9 Å². The maximum Gasteiger partial charge on any atom is 0.326 e. The predicted molar refractivity (Wildman–Crippen MR) is 133 cm³/mol. The average molecular weight is 510 g/mol. The van der Waals surface area contributed by atoms with E-state index in [4.69, 9.17) is 11.5 Å². The monoisotopic (exact) mass is 509 g/mol. The molecule has 1 rings (SSSR count). The third kappa shape index (κ3) is 10.8. The number of thioether (sulfide) groups is 1. The van der Waals surface area contributed by atoms with E-state index in [2.05, 4.69) is 16.0 Å². The fraction of sp³-hybridized carbons (Fsp3) is 0.522. The Balaban J connectivity index is 3.09. The van der Waals surface area contributed by atoms with Gasteiger partial charge >= 0.3 is 5.97 Å². The highest BCUT2D eigenvalue weighted by Crippen LogP contribution is 2.07. The number of amides is 4. The zero-order valence-electron chi connectivity index (χ0n) is 20.2. The Morgan fingerprint density at radius 1 is 0.914 bits per heavy atom. The van der Waals surface area contributed by atoms with E-state index in [1.54, 1.807) is 50.4 Å². The van der Waals surface area contributed by atoms with E-state index in [0.29, 0.717) is 5.75 Å². The molecule has 1 aromatic carbocycles. The molecule has 0 aromatic heterocycles. The number of primary amides is 1. The van der Waals surface area contributed by atoms with E-state index >= 15 is 0 Å². The Morgan fingerprint density at radius 3 is 1.97 bits per heavy atom. The number of carboxylic acid groups (broad SMARTS) is 1. The van der Waals surface area contributed by atoms with Crippen LogP contribution in [0.4, 0.5) is 0 Å². The van der Waals surface area contributed by atoms with Crippen LogP contribution in [0.5, 0.6) is 0 Å². The summed E-state index contributed by atoms with van der Waals surface area (Å²) < 4.78 is 0. The molecule has 11 nitrogen and oxygen atoms in total. The average Bonchev–Trinajstić information content (AvgIpc) is 2.80. The molecule has 0 radical (unpaired) electrons. The fourth-order valence-electron chi connectivity index (χ4n) is 3.08. The van der Waals surface area contributed by atoms with Gasteiger partial charge in [0.05, 0.1) is 12.5 Å². The smallest absolute Gasteiger partial charge is 0.326 e. The summed E-state index contributed by atoms with van der Waals surface area (Å²) in [5, 5.41) is 16.8. The van der Waals surface area contributed by atoms with Gasteiger partial charge in [-0.2, -0.15) is 11.8 Å². The quantitative estimate of drug-likeness (QED) is 0.180. The van der Waals surface area contributed by atoms with Crippen LogP contribution in [-0.2, 0) is 30.4 Å². The van der Waals surface area contributed by atoms with Crippen LogP contribution in [0.25, 0.3) is 0 Å². The standard InChI is InChI=1S/C23H35N5O6S/c1-13(2)19(25)22(32)28-16(11-14-7-5-4-6-8-14)20(30)27-17(12-18(24)29)21(31)26-15(23(33)34)9-10-35-3/h4-8,13,15-17,19H,9-12,25H2,1-3H3,(H2,24,29)(H,26,31)(H,27,30)(H,28,32)(H,33,34). The van der Waals surface area contributed by atoms with Crippen molar-refractivity contribution in [1.29, 1.82) is 0 Å². The van der Waals surface area contributed by atoms with Gasteiger partial charge in [-0.25, -0.2) is 4.79 Å². The van der Waals surface area contributed by atoms with Crippen LogP contribution in [-0.4, -0.2) is 70.9 Å². The van der Waals surface area contributed by atoms with E-state index in [0.717, 1.165) is 5.56 Å². The summed E-state index contributed by atoms with van der Waals surface area (Å²) >= 11 is 1.41. The molecule has 0 bridgehead atoms. The lowest BCUT2D eigenvalue weighted by Crippen LogP contribution is -2.58. The minimum Gasteiger partial charge on any atom is -0.480 e. The number of hydrogen-bond donors (Lipinski definition) is 6. The number of rotatable bonds is 15. The Bertz CT molecular complexity index is 882. The number of benzene rings is 1. The second-order valence-electron chi connectivity index (χ2n) is 8.43. The van der Waals surface area contributed by atoms with Crippen LogP contribution >= 0.6 is 11.8 Å². The van der Waals surface area contributed by atoms with Crippen LogP contribution in [0, 0.1) is 5.92 Å². The Morgan fingerprint density at radius 2 is 1.46 bits per heavy atom. The summed E-state index contributed by atoms with van der Waals surface area (Å²) in [6.07, 6.45) is 1.49. The van der Waals surface area contributed by atoms with Gasteiger partial charge in [-0.3, -0.25) is 19.2 Å². The normalized spacial score (nSPS) is 14.3. The van der Waals surface area contributed by atoms with E-state index in [9.17, 15) is 29.1 Å². The Labute approximate surface area is 209 Å². The highest BCUT2D eigenvalue weighted by atomic mass is 32.2. The van der Waals surface area contributed by atoms with Gasteiger partial charge in [-0.05, 0) is 29.9 Å². The molecule has 0 spiro atoms. The minimum absolute atomic E-state index is 0.0968. The Hall–Kier alpha value is -3.12. The van der Waals surface area contributed by atoms with E-state index in [1.807, 2.05) is 0 Å². The van der Waals surface area contributed by atoms with Crippen molar-refractivity contribution >= 4 is 41.4 Å². The minimum atomic E-state index is -1.43. The van der Waals surface area contributed by atoms with E-state index in [-0.39, 0.29) is 18.8 Å². The molecule has 4 unspecified atom stereocenters. The highest BCUT2D eigenvalue weighted by molar-refractivity contribution is 7.98. The number of carbonyl (C=O) groups excluding carboxylic acids is 4. The molecule has 1 aromatic rings. The van der Waals surface area contributed by atoms with Crippen molar-refractivity contribution in [2.45, 2.75) is 57.3 Å². The molecule has 0 aliphatic carbocycles. The third-order valence-electron chi connectivity index (χ3n) is 5.20. The number of carboxylic acids is 1. The molecule has 35 heavy (non-hydrogen) atoms. The molecule has 4 amide bonds. The summed E-state index contributed by atoms with van der Waals surface area (Å²) in [5.74, 6) is -3.97. The number of nitrogens with one attached hydrogen (secondary N) is 3. The van der Waals surface area contributed by atoms with E-state index < -0.39 is 60.2 Å². The van der Waals surface area contributed by atoms with Gasteiger partial charge in [0.2, 0.25) is 23.6 Å². The molecule has 0 saturated carbocycles. The lowest BCUT2D eigenvalue weighted by atomic mass is 10.0. The molecule has 0 aliphatic rings. The highest BCUT2D eigenvalue weighted by Gasteiger charge is 2.31. The van der Waals surface area contributed by atoms with Crippen molar-refractivity contribution in [3.63, 3.8) is 0 Å². The first-order valence-electron chi connectivity index (χ1n) is 11.2. The third-order valence-corrected chi connectivity index (χ3v) is 5.84. The van der Waals surface area contributed by atoms with Crippen LogP contribution in [0.15, 0.2) is 30.3 Å². The van der Waals surface area contributed by atoms with Crippen LogP contribution in [0.1, 0.15) is 32.3 Å². The summed E-state index contributed by atoms with van der Waals surface area (Å²) in [7, 11) is 0. The van der Waals surface area contributed by atoms with Gasteiger partial charge in [0, 0.05) is 6.42 Å². The van der Waals surface area contributed by atoms with Gasteiger partial charge in [0.25, 0.3) is 0 Å². The zero-order valence-corrected chi connectivity index (χ0v) is 21.0. The van der Waals surface area contributed by atoms with Crippen LogP contribution in [0.3, 0.4) is 0 Å². The number of aliphatic carboxylic acids is 1. The first kappa shape index (κ1) is 29.9.